The predicted octanol–water partition coefficient (Wildman–Crippen LogP) is 3.69. The van der Waals surface area contributed by atoms with Crippen LogP contribution in [0.5, 0.6) is 0 Å². The number of H-pyrrole nitrogens is 1. The molecule has 4 nitrogen and oxygen atoms in total. The second kappa shape index (κ2) is 4.83. The molecule has 0 amide bonds. The summed E-state index contributed by atoms with van der Waals surface area (Å²) in [5, 5.41) is 7.36. The van der Waals surface area contributed by atoms with Gasteiger partial charge in [-0.05, 0) is 0 Å². The van der Waals surface area contributed by atoms with Crippen LogP contribution in [-0.2, 0) is 0 Å². The lowest BCUT2D eigenvalue weighted by atomic mass is 10.1. The van der Waals surface area contributed by atoms with Crippen LogP contribution in [0, 0.1) is 0 Å². The van der Waals surface area contributed by atoms with Crippen molar-refractivity contribution in [3.05, 3.63) is 66.9 Å². The molecule has 0 saturated carbocycles. The Bertz CT molecular complexity index is 882. The van der Waals surface area contributed by atoms with Crippen LogP contribution in [0.15, 0.2) is 66.9 Å². The zero-order chi connectivity index (χ0) is 14.1. The van der Waals surface area contributed by atoms with Crippen LogP contribution < -0.4 is 0 Å². The number of nitrogens with zero attached hydrogens (tertiary/aromatic N) is 3. The number of hydrogen-bond acceptors (Lipinski definition) is 3. The molecule has 0 aliphatic carbocycles. The third-order valence-corrected chi connectivity index (χ3v) is 3.38. The number of rotatable bonds is 2. The summed E-state index contributed by atoms with van der Waals surface area (Å²) in [7, 11) is 0. The molecule has 4 aromatic rings. The fourth-order valence-corrected chi connectivity index (χ4v) is 2.34. The van der Waals surface area contributed by atoms with Gasteiger partial charge in [-0.25, -0.2) is 9.97 Å². The minimum absolute atomic E-state index is 0.710. The molecule has 0 fully saturated rings. The zero-order valence-electron chi connectivity index (χ0n) is 11.2. The van der Waals surface area contributed by atoms with E-state index in [0.717, 1.165) is 27.9 Å². The summed E-state index contributed by atoms with van der Waals surface area (Å²) >= 11 is 0. The first-order valence-electron chi connectivity index (χ1n) is 6.74. The highest BCUT2D eigenvalue weighted by molar-refractivity contribution is 5.89. The highest BCUT2D eigenvalue weighted by atomic mass is 15.1. The third-order valence-electron chi connectivity index (χ3n) is 3.38. The molecule has 100 valence electrons. The summed E-state index contributed by atoms with van der Waals surface area (Å²) in [6.07, 6.45) is 1.78. The summed E-state index contributed by atoms with van der Waals surface area (Å²) in [5.41, 5.74) is 4.58. The molecule has 2 aromatic carbocycles. The van der Waals surface area contributed by atoms with E-state index in [1.807, 2.05) is 60.7 Å². The standard InChI is InChI=1S/C17H12N4/c1-3-7-12(8-4-1)15-16-14(20-21-15)11-18-17(19-16)13-9-5-2-6-10-13/h1-11H,(H,20,21). The van der Waals surface area contributed by atoms with Crippen LogP contribution in [-0.4, -0.2) is 20.2 Å². The van der Waals surface area contributed by atoms with E-state index < -0.39 is 0 Å². The van der Waals surface area contributed by atoms with Crippen LogP contribution in [0.3, 0.4) is 0 Å². The number of benzene rings is 2. The average Bonchev–Trinajstić information content (AvgIpc) is 2.99. The quantitative estimate of drug-likeness (QED) is 0.605. The summed E-state index contributed by atoms with van der Waals surface area (Å²) in [6, 6.07) is 20.0. The molecule has 4 heteroatoms. The molecule has 1 N–H and O–H groups in total. The van der Waals surface area contributed by atoms with E-state index >= 15 is 0 Å². The first-order chi connectivity index (χ1) is 10.4. The van der Waals surface area contributed by atoms with Crippen molar-refractivity contribution in [1.82, 2.24) is 20.2 Å². The van der Waals surface area contributed by atoms with Crippen molar-refractivity contribution in [1.29, 1.82) is 0 Å². The van der Waals surface area contributed by atoms with E-state index in [1.54, 1.807) is 6.20 Å². The summed E-state index contributed by atoms with van der Waals surface area (Å²) in [6.45, 7) is 0. The molecular formula is C17H12N4. The van der Waals surface area contributed by atoms with Crippen LogP contribution in [0.25, 0.3) is 33.7 Å². The fraction of sp³-hybridized carbons (Fsp3) is 0. The second-order valence-corrected chi connectivity index (χ2v) is 4.76. The highest BCUT2D eigenvalue weighted by Gasteiger charge is 2.11. The van der Waals surface area contributed by atoms with Gasteiger partial charge >= 0.3 is 0 Å². The van der Waals surface area contributed by atoms with E-state index in [4.69, 9.17) is 0 Å². The maximum Gasteiger partial charge on any atom is 0.159 e. The van der Waals surface area contributed by atoms with Crippen LogP contribution in [0.4, 0.5) is 0 Å². The molecular weight excluding hydrogens is 260 g/mol. The molecule has 0 aliphatic heterocycles. The van der Waals surface area contributed by atoms with Gasteiger partial charge in [0.1, 0.15) is 16.7 Å². The van der Waals surface area contributed by atoms with Gasteiger partial charge in [-0.2, -0.15) is 5.10 Å². The first kappa shape index (κ1) is 11.8. The van der Waals surface area contributed by atoms with Gasteiger partial charge in [0, 0.05) is 11.1 Å². The lowest BCUT2D eigenvalue weighted by Gasteiger charge is -2.00. The van der Waals surface area contributed by atoms with Gasteiger partial charge in [-0.3, -0.25) is 5.10 Å². The fourth-order valence-electron chi connectivity index (χ4n) is 2.34. The van der Waals surface area contributed by atoms with E-state index in [0.29, 0.717) is 5.82 Å². The Hall–Kier alpha value is -3.01. The van der Waals surface area contributed by atoms with Crippen molar-refractivity contribution in [2.45, 2.75) is 0 Å². The van der Waals surface area contributed by atoms with E-state index in [1.165, 1.54) is 0 Å². The van der Waals surface area contributed by atoms with Crippen molar-refractivity contribution < 1.29 is 0 Å². The lowest BCUT2D eigenvalue weighted by molar-refractivity contribution is 1.12. The molecule has 0 atom stereocenters. The van der Waals surface area contributed by atoms with E-state index in [9.17, 15) is 0 Å². The van der Waals surface area contributed by atoms with Gasteiger partial charge in [0.05, 0.1) is 6.20 Å². The molecule has 2 heterocycles. The van der Waals surface area contributed by atoms with Crippen molar-refractivity contribution >= 4 is 11.0 Å². The summed E-state index contributed by atoms with van der Waals surface area (Å²) in [5.74, 6) is 0.710. The van der Waals surface area contributed by atoms with E-state index in [-0.39, 0.29) is 0 Å². The van der Waals surface area contributed by atoms with Crippen molar-refractivity contribution in [2.75, 3.05) is 0 Å². The number of fused-ring (bicyclic) bond motifs is 1. The van der Waals surface area contributed by atoms with Crippen LogP contribution in [0.1, 0.15) is 0 Å². The van der Waals surface area contributed by atoms with Crippen molar-refractivity contribution in [2.24, 2.45) is 0 Å². The Labute approximate surface area is 121 Å². The lowest BCUT2D eigenvalue weighted by Crippen LogP contribution is -1.89. The van der Waals surface area contributed by atoms with Gasteiger partial charge in [-0.15, -0.1) is 0 Å². The predicted molar refractivity (Wildman–Crippen MR) is 82.6 cm³/mol. The summed E-state index contributed by atoms with van der Waals surface area (Å²) < 4.78 is 0. The number of hydrogen-bond donors (Lipinski definition) is 1. The largest absolute Gasteiger partial charge is 0.274 e. The minimum atomic E-state index is 0.710. The number of aromatic nitrogens is 4. The monoisotopic (exact) mass is 272 g/mol. The summed E-state index contributed by atoms with van der Waals surface area (Å²) in [4.78, 5) is 9.08. The molecule has 0 bridgehead atoms. The molecule has 21 heavy (non-hydrogen) atoms. The molecule has 0 aliphatic rings. The zero-order valence-corrected chi connectivity index (χ0v) is 11.2. The minimum Gasteiger partial charge on any atom is -0.274 e. The SMILES string of the molecule is c1ccc(-c2ncc3[nH]nc(-c4ccccc4)c3n2)cc1. The van der Waals surface area contributed by atoms with Gasteiger partial charge in [0.2, 0.25) is 0 Å². The Morgan fingerprint density at radius 2 is 1.43 bits per heavy atom. The van der Waals surface area contributed by atoms with Crippen molar-refractivity contribution in [3.63, 3.8) is 0 Å². The third kappa shape index (κ3) is 2.07. The number of nitrogens with one attached hydrogen (secondary N) is 1. The molecule has 0 saturated heterocycles. The van der Waals surface area contributed by atoms with Gasteiger partial charge < -0.3 is 0 Å². The van der Waals surface area contributed by atoms with Gasteiger partial charge in [0.15, 0.2) is 5.82 Å². The topological polar surface area (TPSA) is 54.5 Å². The highest BCUT2D eigenvalue weighted by Crippen LogP contribution is 2.25. The Kier molecular flexibility index (Phi) is 2.71. The second-order valence-electron chi connectivity index (χ2n) is 4.76. The Balaban J connectivity index is 1.91. The molecule has 2 aromatic heterocycles. The van der Waals surface area contributed by atoms with Crippen LogP contribution in [0.2, 0.25) is 0 Å². The maximum absolute atomic E-state index is 4.68. The molecule has 4 rings (SSSR count). The number of aromatic amines is 1. The first-order valence-corrected chi connectivity index (χ1v) is 6.74. The van der Waals surface area contributed by atoms with Gasteiger partial charge in [0.25, 0.3) is 0 Å². The Morgan fingerprint density at radius 3 is 2.14 bits per heavy atom. The Morgan fingerprint density at radius 1 is 0.762 bits per heavy atom. The average molecular weight is 272 g/mol. The van der Waals surface area contributed by atoms with Gasteiger partial charge in [-0.1, -0.05) is 60.7 Å². The van der Waals surface area contributed by atoms with E-state index in [2.05, 4.69) is 20.2 Å². The normalized spacial score (nSPS) is 10.9. The smallest absolute Gasteiger partial charge is 0.159 e. The maximum atomic E-state index is 4.68. The molecule has 0 radical (unpaired) electrons. The molecule has 0 unspecified atom stereocenters. The van der Waals surface area contributed by atoms with Crippen LogP contribution >= 0.6 is 0 Å². The molecule has 0 spiro atoms. The van der Waals surface area contributed by atoms with Crippen molar-refractivity contribution in [3.8, 4) is 22.6 Å².